The molecule has 0 radical (unpaired) electrons. The number of amides is 1. The number of rotatable bonds is 5. The number of hydrogen-bond acceptors (Lipinski definition) is 3. The van der Waals surface area contributed by atoms with E-state index in [1.807, 2.05) is 30.3 Å². The van der Waals surface area contributed by atoms with Crippen LogP contribution in [0.4, 0.5) is 4.79 Å². The third-order valence-electron chi connectivity index (χ3n) is 2.09. The van der Waals surface area contributed by atoms with Crippen molar-refractivity contribution in [2.24, 2.45) is 5.11 Å². The Morgan fingerprint density at radius 3 is 2.82 bits per heavy atom. The average Bonchev–Trinajstić information content (AvgIpc) is 2.36. The molecule has 1 rings (SSSR count). The summed E-state index contributed by atoms with van der Waals surface area (Å²) in [7, 11) is 0. The fourth-order valence-electron chi connectivity index (χ4n) is 1.32. The maximum atomic E-state index is 11.1. The minimum atomic E-state index is -0.512. The van der Waals surface area contributed by atoms with Crippen molar-refractivity contribution in [1.29, 1.82) is 0 Å². The standard InChI is InChI=1S/C11H14N4O2/c1-2-17-11(16)13-8-10(14-15-12)9-6-4-3-5-7-9/h3-7,10H,2,8H2,1H3,(H,13,16). The molecular weight excluding hydrogens is 220 g/mol. The van der Waals surface area contributed by atoms with Crippen LogP contribution in [-0.4, -0.2) is 19.2 Å². The van der Waals surface area contributed by atoms with Gasteiger partial charge in [0, 0.05) is 11.5 Å². The molecule has 0 fully saturated rings. The first kappa shape index (κ1) is 12.9. The molecule has 0 bridgehead atoms. The summed E-state index contributed by atoms with van der Waals surface area (Å²) in [5.74, 6) is 0. The van der Waals surface area contributed by atoms with Crippen LogP contribution in [0.5, 0.6) is 0 Å². The number of nitrogens with one attached hydrogen (secondary N) is 1. The quantitative estimate of drug-likeness (QED) is 0.482. The summed E-state index contributed by atoms with van der Waals surface area (Å²) in [5.41, 5.74) is 9.33. The molecule has 17 heavy (non-hydrogen) atoms. The Morgan fingerprint density at radius 2 is 2.24 bits per heavy atom. The smallest absolute Gasteiger partial charge is 0.407 e. The number of alkyl carbamates (subject to hydrolysis) is 1. The van der Waals surface area contributed by atoms with Gasteiger partial charge in [0.25, 0.3) is 0 Å². The normalized spacial score (nSPS) is 11.1. The van der Waals surface area contributed by atoms with Crippen LogP contribution in [0.2, 0.25) is 0 Å². The van der Waals surface area contributed by atoms with Gasteiger partial charge >= 0.3 is 6.09 Å². The van der Waals surface area contributed by atoms with Crippen LogP contribution in [0.25, 0.3) is 10.4 Å². The molecule has 6 heteroatoms. The number of carbonyl (C=O) groups is 1. The molecule has 0 aliphatic carbocycles. The maximum Gasteiger partial charge on any atom is 0.407 e. The topological polar surface area (TPSA) is 87.1 Å². The maximum absolute atomic E-state index is 11.1. The van der Waals surface area contributed by atoms with E-state index in [4.69, 9.17) is 10.3 Å². The van der Waals surface area contributed by atoms with E-state index in [0.717, 1.165) is 5.56 Å². The lowest BCUT2D eigenvalue weighted by molar-refractivity contribution is 0.151. The second-order valence-electron chi connectivity index (χ2n) is 3.23. The average molecular weight is 234 g/mol. The Hall–Kier alpha value is -2.20. The van der Waals surface area contributed by atoms with E-state index in [-0.39, 0.29) is 6.54 Å². The summed E-state index contributed by atoms with van der Waals surface area (Å²) in [6.45, 7) is 2.25. The van der Waals surface area contributed by atoms with Gasteiger partial charge < -0.3 is 10.1 Å². The summed E-state index contributed by atoms with van der Waals surface area (Å²) in [4.78, 5) is 13.9. The van der Waals surface area contributed by atoms with Crippen molar-refractivity contribution in [1.82, 2.24) is 5.32 Å². The Balaban J connectivity index is 2.62. The summed E-state index contributed by atoms with van der Waals surface area (Å²) in [6, 6.07) is 8.82. The lowest BCUT2D eigenvalue weighted by Gasteiger charge is -2.12. The van der Waals surface area contributed by atoms with Gasteiger partial charge in [-0.1, -0.05) is 35.4 Å². The lowest BCUT2D eigenvalue weighted by Crippen LogP contribution is -2.28. The van der Waals surface area contributed by atoms with Crippen LogP contribution in [-0.2, 0) is 4.74 Å². The molecule has 1 unspecified atom stereocenters. The Bertz CT molecular complexity index is 401. The second kappa shape index (κ2) is 7.14. The Kier molecular flexibility index (Phi) is 5.40. The highest BCUT2D eigenvalue weighted by Gasteiger charge is 2.10. The highest BCUT2D eigenvalue weighted by Crippen LogP contribution is 2.16. The van der Waals surface area contributed by atoms with E-state index >= 15 is 0 Å². The van der Waals surface area contributed by atoms with Crippen molar-refractivity contribution in [3.63, 3.8) is 0 Å². The van der Waals surface area contributed by atoms with Crippen LogP contribution in [0.3, 0.4) is 0 Å². The zero-order chi connectivity index (χ0) is 12.5. The molecule has 0 heterocycles. The summed E-state index contributed by atoms with van der Waals surface area (Å²) < 4.78 is 4.72. The number of nitrogens with zero attached hydrogens (tertiary/aromatic N) is 3. The summed E-state index contributed by atoms with van der Waals surface area (Å²) in [5, 5.41) is 6.18. The zero-order valence-corrected chi connectivity index (χ0v) is 9.54. The molecule has 1 atom stereocenters. The van der Waals surface area contributed by atoms with Crippen LogP contribution in [0.15, 0.2) is 35.4 Å². The molecule has 0 spiro atoms. The van der Waals surface area contributed by atoms with Gasteiger partial charge in [0.2, 0.25) is 0 Å². The molecular formula is C11H14N4O2. The Labute approximate surface area is 99.2 Å². The number of hydrogen-bond donors (Lipinski definition) is 1. The van der Waals surface area contributed by atoms with E-state index in [9.17, 15) is 4.79 Å². The number of carbonyl (C=O) groups excluding carboxylic acids is 1. The third-order valence-corrected chi connectivity index (χ3v) is 2.09. The molecule has 1 amide bonds. The monoisotopic (exact) mass is 234 g/mol. The van der Waals surface area contributed by atoms with Gasteiger partial charge in [-0.3, -0.25) is 0 Å². The molecule has 1 aromatic rings. The number of ether oxygens (including phenoxy) is 1. The van der Waals surface area contributed by atoms with E-state index in [1.54, 1.807) is 6.92 Å². The van der Waals surface area contributed by atoms with Crippen LogP contribution >= 0.6 is 0 Å². The highest BCUT2D eigenvalue weighted by molar-refractivity contribution is 5.67. The van der Waals surface area contributed by atoms with Crippen molar-refractivity contribution >= 4 is 6.09 Å². The molecule has 1 N–H and O–H groups in total. The van der Waals surface area contributed by atoms with Gasteiger partial charge in [-0.2, -0.15) is 0 Å². The minimum absolute atomic E-state index is 0.215. The first-order valence-corrected chi connectivity index (χ1v) is 5.27. The van der Waals surface area contributed by atoms with Crippen molar-refractivity contribution in [3.05, 3.63) is 46.3 Å². The van der Waals surface area contributed by atoms with Gasteiger partial charge in [-0.25, -0.2) is 4.79 Å². The number of benzene rings is 1. The van der Waals surface area contributed by atoms with Crippen molar-refractivity contribution < 1.29 is 9.53 Å². The van der Waals surface area contributed by atoms with Gasteiger partial charge in [-0.15, -0.1) is 0 Å². The fourth-order valence-corrected chi connectivity index (χ4v) is 1.32. The molecule has 0 aliphatic heterocycles. The lowest BCUT2D eigenvalue weighted by atomic mass is 10.1. The van der Waals surface area contributed by atoms with Crippen molar-refractivity contribution in [2.45, 2.75) is 13.0 Å². The largest absolute Gasteiger partial charge is 0.450 e. The van der Waals surface area contributed by atoms with E-state index < -0.39 is 12.1 Å². The summed E-state index contributed by atoms with van der Waals surface area (Å²) >= 11 is 0. The van der Waals surface area contributed by atoms with E-state index in [2.05, 4.69) is 15.3 Å². The molecule has 1 aromatic carbocycles. The zero-order valence-electron chi connectivity index (χ0n) is 9.54. The molecule has 0 saturated carbocycles. The molecule has 0 aromatic heterocycles. The third kappa shape index (κ3) is 4.44. The van der Waals surface area contributed by atoms with Gasteiger partial charge in [0.1, 0.15) is 0 Å². The molecule has 90 valence electrons. The molecule has 0 saturated heterocycles. The second-order valence-corrected chi connectivity index (χ2v) is 3.23. The molecule has 0 aliphatic rings. The minimum Gasteiger partial charge on any atom is -0.450 e. The fraction of sp³-hybridized carbons (Fsp3) is 0.364. The van der Waals surface area contributed by atoms with E-state index in [0.29, 0.717) is 6.61 Å². The summed E-state index contributed by atoms with van der Waals surface area (Å²) in [6.07, 6.45) is -0.512. The van der Waals surface area contributed by atoms with E-state index in [1.165, 1.54) is 0 Å². The van der Waals surface area contributed by atoms with Gasteiger partial charge in [0.15, 0.2) is 0 Å². The van der Waals surface area contributed by atoms with Crippen LogP contribution in [0.1, 0.15) is 18.5 Å². The highest BCUT2D eigenvalue weighted by atomic mass is 16.5. The van der Waals surface area contributed by atoms with Crippen molar-refractivity contribution in [2.75, 3.05) is 13.2 Å². The van der Waals surface area contributed by atoms with Gasteiger partial charge in [0.05, 0.1) is 12.6 Å². The Morgan fingerprint density at radius 1 is 1.53 bits per heavy atom. The molecule has 6 nitrogen and oxygen atoms in total. The first-order chi connectivity index (χ1) is 8.27. The van der Waals surface area contributed by atoms with Crippen molar-refractivity contribution in [3.8, 4) is 0 Å². The van der Waals surface area contributed by atoms with Gasteiger partial charge in [-0.05, 0) is 18.0 Å². The van der Waals surface area contributed by atoms with Crippen LogP contribution < -0.4 is 5.32 Å². The predicted molar refractivity (Wildman–Crippen MR) is 63.4 cm³/mol. The first-order valence-electron chi connectivity index (χ1n) is 5.27. The SMILES string of the molecule is CCOC(=O)NCC(N=[N+]=[N-])c1ccccc1. The predicted octanol–water partition coefficient (Wildman–Crippen LogP) is 2.78. The van der Waals surface area contributed by atoms with Crippen LogP contribution in [0, 0.1) is 0 Å². The number of azide groups is 1.